The summed E-state index contributed by atoms with van der Waals surface area (Å²) in [6.45, 7) is 0.858. The number of nitrogens with zero attached hydrogens (tertiary/aromatic N) is 3. The van der Waals surface area contributed by atoms with E-state index in [1.807, 2.05) is 0 Å². The van der Waals surface area contributed by atoms with Crippen molar-refractivity contribution in [1.29, 1.82) is 0 Å². The second-order valence-corrected chi connectivity index (χ2v) is 8.78. The monoisotopic (exact) mass is 416 g/mol. The molecule has 2 aliphatic rings. The highest BCUT2D eigenvalue weighted by Gasteiger charge is 2.36. The van der Waals surface area contributed by atoms with Crippen LogP contribution < -0.4 is 5.73 Å². The van der Waals surface area contributed by atoms with E-state index in [9.17, 15) is 26.8 Å². The van der Waals surface area contributed by atoms with Crippen molar-refractivity contribution in [2.75, 3.05) is 39.3 Å². The SMILES string of the molecule is NC(=O)N1CCC[C@@H](C(=O)N2CCN(S(=O)(=O)c3c(F)cccc3F)CC2)C1. The maximum atomic E-state index is 13.9. The Morgan fingerprint density at radius 3 is 2.18 bits per heavy atom. The Balaban J connectivity index is 1.66. The molecule has 3 rings (SSSR count). The van der Waals surface area contributed by atoms with Crippen molar-refractivity contribution >= 4 is 22.0 Å². The van der Waals surface area contributed by atoms with Gasteiger partial charge in [-0.3, -0.25) is 4.79 Å². The third-order valence-corrected chi connectivity index (χ3v) is 7.10. The van der Waals surface area contributed by atoms with Gasteiger partial charge in [-0.15, -0.1) is 0 Å². The minimum atomic E-state index is -4.34. The van der Waals surface area contributed by atoms with Gasteiger partial charge in [-0.25, -0.2) is 22.0 Å². The maximum Gasteiger partial charge on any atom is 0.314 e. The van der Waals surface area contributed by atoms with E-state index >= 15 is 0 Å². The fourth-order valence-corrected chi connectivity index (χ4v) is 5.18. The van der Waals surface area contributed by atoms with Gasteiger partial charge in [0.05, 0.1) is 5.92 Å². The number of rotatable bonds is 3. The van der Waals surface area contributed by atoms with Crippen molar-refractivity contribution in [3.8, 4) is 0 Å². The van der Waals surface area contributed by atoms with E-state index in [1.54, 1.807) is 0 Å². The van der Waals surface area contributed by atoms with Gasteiger partial charge in [0, 0.05) is 39.3 Å². The van der Waals surface area contributed by atoms with Gasteiger partial charge >= 0.3 is 6.03 Å². The first-order valence-corrected chi connectivity index (χ1v) is 10.4. The fourth-order valence-electron chi connectivity index (χ4n) is 3.64. The summed E-state index contributed by atoms with van der Waals surface area (Å²) in [5.74, 6) is -2.84. The molecule has 0 radical (unpaired) electrons. The number of piperidine rings is 1. The van der Waals surface area contributed by atoms with Crippen molar-refractivity contribution in [1.82, 2.24) is 14.1 Å². The number of carbonyl (C=O) groups is 2. The van der Waals surface area contributed by atoms with E-state index < -0.39 is 32.6 Å². The molecular formula is C17H22F2N4O4S. The molecule has 1 aromatic rings. The molecule has 8 nitrogen and oxygen atoms in total. The Morgan fingerprint density at radius 2 is 1.61 bits per heavy atom. The van der Waals surface area contributed by atoms with Crippen LogP contribution in [-0.4, -0.2) is 73.7 Å². The lowest BCUT2D eigenvalue weighted by Gasteiger charge is -2.38. The number of halogens is 2. The van der Waals surface area contributed by atoms with Crippen LogP contribution in [0.4, 0.5) is 13.6 Å². The van der Waals surface area contributed by atoms with Gasteiger partial charge in [0.15, 0.2) is 4.90 Å². The number of urea groups is 1. The molecule has 0 aliphatic carbocycles. The third kappa shape index (κ3) is 3.95. The van der Waals surface area contributed by atoms with Crippen LogP contribution in [0.25, 0.3) is 0 Å². The number of primary amides is 1. The normalized spacial score (nSPS) is 21.6. The topological polar surface area (TPSA) is 104 Å². The largest absolute Gasteiger partial charge is 0.351 e. The van der Waals surface area contributed by atoms with E-state index in [-0.39, 0.29) is 44.5 Å². The average molecular weight is 416 g/mol. The van der Waals surface area contributed by atoms with E-state index in [1.165, 1.54) is 9.80 Å². The number of benzene rings is 1. The Kier molecular flexibility index (Phi) is 5.84. The van der Waals surface area contributed by atoms with Crippen molar-refractivity contribution in [2.24, 2.45) is 11.7 Å². The zero-order valence-corrected chi connectivity index (χ0v) is 16.0. The number of nitrogens with two attached hydrogens (primary N) is 1. The molecule has 1 aromatic carbocycles. The predicted molar refractivity (Wildman–Crippen MR) is 95.6 cm³/mol. The van der Waals surface area contributed by atoms with Gasteiger partial charge in [-0.05, 0) is 25.0 Å². The van der Waals surface area contributed by atoms with Gasteiger partial charge < -0.3 is 15.5 Å². The van der Waals surface area contributed by atoms with Gasteiger partial charge in [-0.1, -0.05) is 6.07 Å². The Hall–Kier alpha value is -2.27. The zero-order chi connectivity index (χ0) is 20.5. The van der Waals surface area contributed by atoms with E-state index in [4.69, 9.17) is 5.73 Å². The van der Waals surface area contributed by atoms with Crippen molar-refractivity contribution in [3.63, 3.8) is 0 Å². The van der Waals surface area contributed by atoms with Gasteiger partial charge in [0.2, 0.25) is 15.9 Å². The number of hydrogen-bond donors (Lipinski definition) is 1. The molecule has 2 N–H and O–H groups in total. The van der Waals surface area contributed by atoms with Crippen LogP contribution in [0, 0.1) is 17.6 Å². The summed E-state index contributed by atoms with van der Waals surface area (Å²) in [4.78, 5) is 26.0. The number of amides is 3. The van der Waals surface area contributed by atoms with Crippen LogP contribution >= 0.6 is 0 Å². The molecule has 28 heavy (non-hydrogen) atoms. The molecule has 11 heteroatoms. The van der Waals surface area contributed by atoms with Gasteiger partial charge in [0.1, 0.15) is 11.6 Å². The summed E-state index contributed by atoms with van der Waals surface area (Å²) in [6, 6.07) is 2.31. The first-order chi connectivity index (χ1) is 13.2. The Morgan fingerprint density at radius 1 is 1.00 bits per heavy atom. The maximum absolute atomic E-state index is 13.9. The minimum Gasteiger partial charge on any atom is -0.351 e. The summed E-state index contributed by atoms with van der Waals surface area (Å²) in [6.07, 6.45) is 1.29. The lowest BCUT2D eigenvalue weighted by Crippen LogP contribution is -2.54. The number of likely N-dealkylation sites (tertiary alicyclic amines) is 1. The van der Waals surface area contributed by atoms with Crippen LogP contribution in [0.15, 0.2) is 23.1 Å². The van der Waals surface area contributed by atoms with Crippen LogP contribution in [0.3, 0.4) is 0 Å². The Labute approximate surface area is 161 Å². The molecule has 0 spiro atoms. The smallest absolute Gasteiger partial charge is 0.314 e. The molecule has 0 aromatic heterocycles. The highest BCUT2D eigenvalue weighted by atomic mass is 32.2. The predicted octanol–water partition coefficient (Wildman–Crippen LogP) is 0.588. The van der Waals surface area contributed by atoms with Crippen LogP contribution in [0.1, 0.15) is 12.8 Å². The number of sulfonamides is 1. The standard InChI is InChI=1S/C17H22F2N4O4S/c18-13-4-1-5-14(19)15(13)28(26,27)23-9-7-21(8-10-23)16(24)12-3-2-6-22(11-12)17(20)25/h1,4-5,12H,2-3,6-11H2,(H2,20,25)/t12-/m1/s1. The average Bonchev–Trinajstić information content (AvgIpc) is 2.67. The highest BCUT2D eigenvalue weighted by molar-refractivity contribution is 7.89. The number of hydrogen-bond acceptors (Lipinski definition) is 4. The molecule has 2 fully saturated rings. The number of piperazine rings is 1. The van der Waals surface area contributed by atoms with Crippen LogP contribution in [-0.2, 0) is 14.8 Å². The molecule has 0 saturated carbocycles. The summed E-state index contributed by atoms with van der Waals surface area (Å²) in [7, 11) is -4.34. The molecule has 0 unspecified atom stereocenters. The summed E-state index contributed by atoms with van der Waals surface area (Å²) >= 11 is 0. The molecule has 2 saturated heterocycles. The number of carbonyl (C=O) groups excluding carboxylic acids is 2. The zero-order valence-electron chi connectivity index (χ0n) is 15.2. The first kappa shape index (κ1) is 20.5. The minimum absolute atomic E-state index is 0.0614. The summed E-state index contributed by atoms with van der Waals surface area (Å²) in [5, 5.41) is 0. The van der Waals surface area contributed by atoms with Crippen molar-refractivity contribution < 1.29 is 26.8 Å². The lowest BCUT2D eigenvalue weighted by molar-refractivity contribution is -0.138. The molecule has 2 heterocycles. The summed E-state index contributed by atoms with van der Waals surface area (Å²) < 4.78 is 54.0. The van der Waals surface area contributed by atoms with Crippen LogP contribution in [0.5, 0.6) is 0 Å². The van der Waals surface area contributed by atoms with E-state index in [2.05, 4.69) is 0 Å². The van der Waals surface area contributed by atoms with E-state index in [0.717, 1.165) is 22.5 Å². The molecule has 2 aliphatic heterocycles. The lowest BCUT2D eigenvalue weighted by atomic mass is 9.96. The second-order valence-electron chi connectivity index (χ2n) is 6.90. The highest BCUT2D eigenvalue weighted by Crippen LogP contribution is 2.25. The third-order valence-electron chi connectivity index (χ3n) is 5.15. The summed E-state index contributed by atoms with van der Waals surface area (Å²) in [5.41, 5.74) is 5.28. The molecule has 154 valence electrons. The molecule has 0 bridgehead atoms. The molecule has 3 amide bonds. The van der Waals surface area contributed by atoms with Crippen molar-refractivity contribution in [3.05, 3.63) is 29.8 Å². The fraction of sp³-hybridized carbons (Fsp3) is 0.529. The quantitative estimate of drug-likeness (QED) is 0.779. The molecular weight excluding hydrogens is 394 g/mol. The van der Waals surface area contributed by atoms with Crippen LogP contribution in [0.2, 0.25) is 0 Å². The Bertz CT molecular complexity index is 852. The first-order valence-electron chi connectivity index (χ1n) is 8.99. The van der Waals surface area contributed by atoms with Gasteiger partial charge in [-0.2, -0.15) is 4.31 Å². The second kappa shape index (κ2) is 8.00. The van der Waals surface area contributed by atoms with Gasteiger partial charge in [0.25, 0.3) is 0 Å². The van der Waals surface area contributed by atoms with E-state index in [0.29, 0.717) is 19.4 Å². The van der Waals surface area contributed by atoms with Crippen molar-refractivity contribution in [2.45, 2.75) is 17.7 Å². The molecule has 1 atom stereocenters.